The van der Waals surface area contributed by atoms with Crippen LogP contribution in [-0.2, 0) is 19.1 Å². The Balaban J connectivity index is 1.54. The zero-order valence-corrected chi connectivity index (χ0v) is 18.5. The normalized spacial score (nSPS) is 22.5. The van der Waals surface area contributed by atoms with E-state index in [2.05, 4.69) is 9.80 Å². The van der Waals surface area contributed by atoms with Gasteiger partial charge in [0.2, 0.25) is 11.8 Å². The van der Waals surface area contributed by atoms with Crippen LogP contribution in [0.25, 0.3) is 0 Å². The molecule has 0 aromatic rings. The lowest BCUT2D eigenvalue weighted by molar-refractivity contribution is -0.147. The first-order valence-electron chi connectivity index (χ1n) is 11.1. The third kappa shape index (κ3) is 6.10. The van der Waals surface area contributed by atoms with Crippen LogP contribution in [-0.4, -0.2) is 95.9 Å². The Morgan fingerprint density at radius 2 is 1.59 bits per heavy atom. The summed E-state index contributed by atoms with van der Waals surface area (Å²) in [6, 6.07) is -0.0302. The average Bonchev–Trinajstić information content (AvgIpc) is 3.28. The van der Waals surface area contributed by atoms with Gasteiger partial charge in [-0.05, 0) is 25.7 Å². The molecule has 1 saturated carbocycles. The summed E-state index contributed by atoms with van der Waals surface area (Å²) < 4.78 is 4.91. The number of esters is 1. The highest BCUT2D eigenvalue weighted by Crippen LogP contribution is 2.32. The van der Waals surface area contributed by atoms with E-state index in [1.54, 1.807) is 6.92 Å². The van der Waals surface area contributed by atoms with Crippen LogP contribution in [0.3, 0.4) is 0 Å². The number of piperazine rings is 1. The Morgan fingerprint density at radius 1 is 0.931 bits per heavy atom. The maximum absolute atomic E-state index is 13.4. The number of thioether (sulfide) groups is 1. The van der Waals surface area contributed by atoms with Crippen LogP contribution >= 0.6 is 11.8 Å². The average molecular weight is 426 g/mol. The fourth-order valence-electron chi connectivity index (χ4n) is 4.75. The molecule has 3 rings (SSSR count). The highest BCUT2D eigenvalue weighted by atomic mass is 32.2. The minimum Gasteiger partial charge on any atom is -0.466 e. The van der Waals surface area contributed by atoms with Gasteiger partial charge in [0.15, 0.2) is 0 Å². The van der Waals surface area contributed by atoms with Crippen LogP contribution < -0.4 is 0 Å². The highest BCUT2D eigenvalue weighted by molar-refractivity contribution is 7.99. The zero-order chi connectivity index (χ0) is 20.6. The van der Waals surface area contributed by atoms with E-state index in [1.807, 2.05) is 16.7 Å². The van der Waals surface area contributed by atoms with Crippen molar-refractivity contribution in [2.24, 2.45) is 5.92 Å². The van der Waals surface area contributed by atoms with Gasteiger partial charge in [0.05, 0.1) is 19.1 Å². The van der Waals surface area contributed by atoms with Crippen molar-refractivity contribution in [2.45, 2.75) is 51.5 Å². The fraction of sp³-hybridized carbons (Fsp3) is 0.857. The Kier molecular flexibility index (Phi) is 8.66. The van der Waals surface area contributed by atoms with Crippen LogP contribution in [0, 0.1) is 5.92 Å². The standard InChI is InChI=1S/C21H35N3O4S/c1-2-28-19(26)8-7-18(25)22-9-11-23(12-10-22)20(17-5-3-4-6-17)21(27)24-13-15-29-16-14-24/h17,20H,2-16H2,1H3. The third-order valence-corrected chi connectivity index (χ3v) is 7.27. The van der Waals surface area contributed by atoms with E-state index < -0.39 is 0 Å². The summed E-state index contributed by atoms with van der Waals surface area (Å²) in [5.74, 6) is 2.51. The van der Waals surface area contributed by atoms with E-state index in [0.717, 1.165) is 50.5 Å². The molecule has 1 unspecified atom stereocenters. The van der Waals surface area contributed by atoms with Crippen molar-refractivity contribution < 1.29 is 19.1 Å². The van der Waals surface area contributed by atoms with Crippen molar-refractivity contribution in [3.8, 4) is 0 Å². The number of rotatable bonds is 7. The van der Waals surface area contributed by atoms with Crippen LogP contribution in [0.2, 0.25) is 0 Å². The lowest BCUT2D eigenvalue weighted by atomic mass is 9.94. The molecule has 0 radical (unpaired) electrons. The summed E-state index contributed by atoms with van der Waals surface area (Å²) in [4.78, 5) is 43.6. The third-order valence-electron chi connectivity index (χ3n) is 6.33. The first kappa shape index (κ1) is 22.4. The van der Waals surface area contributed by atoms with Crippen molar-refractivity contribution in [2.75, 3.05) is 57.4 Å². The lowest BCUT2D eigenvalue weighted by Crippen LogP contribution is -2.59. The predicted molar refractivity (Wildman–Crippen MR) is 114 cm³/mol. The van der Waals surface area contributed by atoms with Crippen molar-refractivity contribution in [1.29, 1.82) is 0 Å². The summed E-state index contributed by atoms with van der Waals surface area (Å²) in [6.07, 6.45) is 5.06. The molecular formula is C21H35N3O4S. The predicted octanol–water partition coefficient (Wildman–Crippen LogP) is 1.61. The number of amides is 2. The second-order valence-electron chi connectivity index (χ2n) is 8.15. The van der Waals surface area contributed by atoms with E-state index >= 15 is 0 Å². The largest absolute Gasteiger partial charge is 0.466 e. The summed E-state index contributed by atoms with van der Waals surface area (Å²) in [7, 11) is 0. The van der Waals surface area contributed by atoms with E-state index in [9.17, 15) is 14.4 Å². The Labute approximate surface area is 178 Å². The summed E-state index contributed by atoms with van der Waals surface area (Å²) in [6.45, 7) is 6.57. The maximum atomic E-state index is 13.4. The van der Waals surface area contributed by atoms with Gasteiger partial charge in [-0.3, -0.25) is 19.3 Å². The molecule has 3 fully saturated rings. The Morgan fingerprint density at radius 3 is 2.21 bits per heavy atom. The monoisotopic (exact) mass is 425 g/mol. The van der Waals surface area contributed by atoms with Crippen LogP contribution in [0.1, 0.15) is 45.4 Å². The molecule has 0 N–H and O–H groups in total. The molecule has 2 heterocycles. The minimum atomic E-state index is -0.314. The molecule has 2 amide bonds. The molecule has 3 aliphatic rings. The first-order valence-corrected chi connectivity index (χ1v) is 12.3. The van der Waals surface area contributed by atoms with Gasteiger partial charge in [-0.25, -0.2) is 0 Å². The quantitative estimate of drug-likeness (QED) is 0.577. The van der Waals surface area contributed by atoms with Gasteiger partial charge in [0.1, 0.15) is 0 Å². The smallest absolute Gasteiger partial charge is 0.306 e. The van der Waals surface area contributed by atoms with Crippen molar-refractivity contribution in [3.05, 3.63) is 0 Å². The van der Waals surface area contributed by atoms with Gasteiger partial charge in [-0.15, -0.1) is 0 Å². The molecule has 8 heteroatoms. The summed E-state index contributed by atoms with van der Waals surface area (Å²) >= 11 is 1.92. The maximum Gasteiger partial charge on any atom is 0.306 e. The van der Waals surface area contributed by atoms with Gasteiger partial charge in [-0.2, -0.15) is 11.8 Å². The van der Waals surface area contributed by atoms with E-state index in [1.165, 1.54) is 12.8 Å². The molecule has 0 aromatic heterocycles. The summed E-state index contributed by atoms with van der Waals surface area (Å²) in [5, 5.41) is 0. The molecule has 1 atom stereocenters. The van der Waals surface area contributed by atoms with E-state index in [4.69, 9.17) is 4.74 Å². The molecule has 29 heavy (non-hydrogen) atoms. The van der Waals surface area contributed by atoms with Crippen molar-refractivity contribution in [1.82, 2.24) is 14.7 Å². The number of hydrogen-bond acceptors (Lipinski definition) is 6. The van der Waals surface area contributed by atoms with E-state index in [-0.39, 0.29) is 30.8 Å². The van der Waals surface area contributed by atoms with Gasteiger partial charge >= 0.3 is 5.97 Å². The Hall–Kier alpha value is -1.28. The topological polar surface area (TPSA) is 70.2 Å². The van der Waals surface area contributed by atoms with Gasteiger partial charge in [0, 0.05) is 57.2 Å². The molecule has 0 aromatic carbocycles. The second-order valence-corrected chi connectivity index (χ2v) is 9.37. The number of carbonyl (C=O) groups is 3. The number of ether oxygens (including phenoxy) is 1. The first-order chi connectivity index (χ1) is 14.1. The van der Waals surface area contributed by atoms with Gasteiger partial charge in [0.25, 0.3) is 0 Å². The zero-order valence-electron chi connectivity index (χ0n) is 17.6. The molecule has 2 aliphatic heterocycles. The molecule has 2 saturated heterocycles. The SMILES string of the molecule is CCOC(=O)CCC(=O)N1CCN(C(C(=O)N2CCSCC2)C2CCCC2)CC1. The summed E-state index contributed by atoms with van der Waals surface area (Å²) in [5.41, 5.74) is 0. The van der Waals surface area contributed by atoms with Gasteiger partial charge < -0.3 is 14.5 Å². The van der Waals surface area contributed by atoms with Crippen molar-refractivity contribution >= 4 is 29.5 Å². The number of hydrogen-bond donors (Lipinski definition) is 0. The van der Waals surface area contributed by atoms with Crippen LogP contribution in [0.5, 0.6) is 0 Å². The molecule has 0 bridgehead atoms. The molecule has 164 valence electrons. The minimum absolute atomic E-state index is 0.00880. The fourth-order valence-corrected chi connectivity index (χ4v) is 5.65. The second kappa shape index (κ2) is 11.2. The number of nitrogens with zero attached hydrogens (tertiary/aromatic N) is 3. The molecule has 7 nitrogen and oxygen atoms in total. The van der Waals surface area contributed by atoms with Crippen LogP contribution in [0.4, 0.5) is 0 Å². The highest BCUT2D eigenvalue weighted by Gasteiger charge is 2.39. The molecule has 0 spiro atoms. The van der Waals surface area contributed by atoms with Gasteiger partial charge in [-0.1, -0.05) is 12.8 Å². The van der Waals surface area contributed by atoms with Crippen molar-refractivity contribution in [3.63, 3.8) is 0 Å². The van der Waals surface area contributed by atoms with E-state index in [0.29, 0.717) is 31.5 Å². The molecular weight excluding hydrogens is 390 g/mol. The Bertz CT molecular complexity index is 568. The van der Waals surface area contributed by atoms with Crippen LogP contribution in [0.15, 0.2) is 0 Å². The lowest BCUT2D eigenvalue weighted by Gasteiger charge is -2.43. The number of carbonyl (C=O) groups excluding carboxylic acids is 3. The molecule has 1 aliphatic carbocycles.